The number of nitrogens with zero attached hydrogens (tertiary/aromatic N) is 2. The minimum Gasteiger partial charge on any atom is -0.376 e. The van der Waals surface area contributed by atoms with Gasteiger partial charge in [-0.3, -0.25) is 0 Å². The van der Waals surface area contributed by atoms with Gasteiger partial charge in [-0.15, -0.1) is 11.3 Å². The lowest BCUT2D eigenvalue weighted by Crippen LogP contribution is -2.62. The summed E-state index contributed by atoms with van der Waals surface area (Å²) in [6, 6.07) is 70.6. The van der Waals surface area contributed by atoms with Crippen LogP contribution >= 0.6 is 11.3 Å². The monoisotopic (exact) mass is 860 g/mol. The van der Waals surface area contributed by atoms with E-state index in [0.29, 0.717) is 0 Å². The molecule has 312 valence electrons. The normalized spacial score (nSPS) is 15.8. The fraction of sp³-hybridized carbons (Fsp3) is 0.129. The van der Waals surface area contributed by atoms with E-state index in [1.807, 2.05) is 11.3 Å². The molecular formula is C62H45BN2S. The quantitative estimate of drug-likeness (QED) is 0.152. The van der Waals surface area contributed by atoms with E-state index in [0.717, 1.165) is 0 Å². The van der Waals surface area contributed by atoms with Crippen LogP contribution in [0.3, 0.4) is 0 Å². The van der Waals surface area contributed by atoms with E-state index in [1.165, 1.54) is 132 Å². The van der Waals surface area contributed by atoms with Crippen LogP contribution < -0.4 is 20.6 Å². The van der Waals surface area contributed by atoms with E-state index in [9.17, 15) is 0 Å². The number of thiophene rings is 1. The fourth-order valence-corrected chi connectivity index (χ4v) is 14.5. The molecule has 1 spiro atoms. The van der Waals surface area contributed by atoms with Gasteiger partial charge >= 0.3 is 6.85 Å². The lowest BCUT2D eigenvalue weighted by molar-refractivity contribution is 0.590. The van der Waals surface area contributed by atoms with Crippen molar-refractivity contribution in [3.05, 3.63) is 221 Å². The summed E-state index contributed by atoms with van der Waals surface area (Å²) in [6.07, 6.45) is 0. The number of rotatable bonds is 1. The Bertz CT molecular complexity index is 3760. The molecule has 0 saturated heterocycles. The second-order valence-corrected chi connectivity index (χ2v) is 21.8. The third kappa shape index (κ3) is 4.36. The SMILES string of the molecule is CC(C)(C)c1ccc(N2B3c4cccc5c4N(c4ccccc4C54c5ccccc5-c5ccccc54)c4c3c(cc3sc5ccccc5c43)-c3cc4c(cc32)C(C)(C)c2ccccc2-4)cc1. The Morgan fingerprint density at radius 1 is 0.470 bits per heavy atom. The Kier molecular flexibility index (Phi) is 6.97. The number of benzene rings is 9. The van der Waals surface area contributed by atoms with Crippen LogP contribution in [0.4, 0.5) is 28.4 Å². The molecule has 2 nitrogen and oxygen atoms in total. The summed E-state index contributed by atoms with van der Waals surface area (Å²) < 4.78 is 2.65. The summed E-state index contributed by atoms with van der Waals surface area (Å²) in [5.74, 6) is 0. The van der Waals surface area contributed by atoms with Gasteiger partial charge in [-0.2, -0.15) is 0 Å². The van der Waals surface area contributed by atoms with E-state index in [2.05, 4.69) is 226 Å². The molecule has 15 rings (SSSR count). The van der Waals surface area contributed by atoms with Gasteiger partial charge in [-0.1, -0.05) is 174 Å². The number of hydrogen-bond acceptors (Lipinski definition) is 3. The van der Waals surface area contributed by atoms with Crippen molar-refractivity contribution in [2.75, 3.05) is 9.71 Å². The van der Waals surface area contributed by atoms with Gasteiger partial charge < -0.3 is 9.71 Å². The van der Waals surface area contributed by atoms with Gasteiger partial charge in [0.15, 0.2) is 0 Å². The molecule has 66 heavy (non-hydrogen) atoms. The number of para-hydroxylation sites is 2. The summed E-state index contributed by atoms with van der Waals surface area (Å²) in [4.78, 5) is 5.47. The van der Waals surface area contributed by atoms with Gasteiger partial charge in [0.05, 0.1) is 16.8 Å². The first kappa shape index (κ1) is 37.1. The molecule has 2 aliphatic carbocycles. The number of fused-ring (bicyclic) bond motifs is 20. The number of anilines is 5. The molecule has 4 heterocycles. The Balaban J connectivity index is 1.13. The third-order valence-electron chi connectivity index (χ3n) is 16.2. The van der Waals surface area contributed by atoms with Crippen molar-refractivity contribution in [1.29, 1.82) is 0 Å². The lowest BCUT2D eigenvalue weighted by Gasteiger charge is -2.51. The van der Waals surface area contributed by atoms with Crippen LogP contribution in [0.15, 0.2) is 182 Å². The zero-order valence-electron chi connectivity index (χ0n) is 37.7. The average molecular weight is 861 g/mol. The molecule has 0 fully saturated rings. The molecule has 10 aromatic rings. The van der Waals surface area contributed by atoms with E-state index in [-0.39, 0.29) is 17.7 Å². The first-order valence-electron chi connectivity index (χ1n) is 23.5. The minimum atomic E-state index is -0.515. The molecular weight excluding hydrogens is 816 g/mol. The highest BCUT2D eigenvalue weighted by molar-refractivity contribution is 7.26. The molecule has 9 aromatic carbocycles. The summed E-state index contributed by atoms with van der Waals surface area (Å²) in [5, 5.41) is 2.66. The van der Waals surface area contributed by atoms with Crippen LogP contribution in [-0.4, -0.2) is 6.85 Å². The summed E-state index contributed by atoms with van der Waals surface area (Å²) in [7, 11) is 0. The standard InChI is InChI=1S/C62H45BN2S/c1-60(2,3)36-29-31-37(32-30-36)65-53-35-50-42(40-19-6-10-21-45(40)61(50,4)5)33-43(53)44-34-55-56(41-20-9-15-28-54(41)66-55)59-57(44)63(65)51-26-16-25-49-58(51)64(59)52-27-14-13-24-48(52)62(49)46-22-11-7-17-38(46)39-18-8-12-23-47(39)62/h6-35H,1-5H3. The van der Waals surface area contributed by atoms with Crippen molar-refractivity contribution in [1.82, 2.24) is 0 Å². The van der Waals surface area contributed by atoms with Gasteiger partial charge in [0, 0.05) is 48.2 Å². The van der Waals surface area contributed by atoms with Crippen molar-refractivity contribution in [2.45, 2.75) is 50.9 Å². The van der Waals surface area contributed by atoms with Gasteiger partial charge in [0.2, 0.25) is 0 Å². The van der Waals surface area contributed by atoms with Crippen molar-refractivity contribution < 1.29 is 0 Å². The largest absolute Gasteiger partial charge is 0.376 e. The van der Waals surface area contributed by atoms with E-state index < -0.39 is 5.41 Å². The van der Waals surface area contributed by atoms with Gasteiger partial charge in [-0.05, 0) is 126 Å². The zero-order chi connectivity index (χ0) is 44.0. The molecule has 3 aliphatic heterocycles. The maximum Gasteiger partial charge on any atom is 0.333 e. The molecule has 0 amide bonds. The van der Waals surface area contributed by atoms with Crippen LogP contribution in [-0.2, 0) is 16.2 Å². The zero-order valence-corrected chi connectivity index (χ0v) is 38.5. The predicted octanol–water partition coefficient (Wildman–Crippen LogP) is 15.0. The van der Waals surface area contributed by atoms with Crippen molar-refractivity contribution >= 4 is 77.7 Å². The van der Waals surface area contributed by atoms with Crippen LogP contribution in [0.2, 0.25) is 0 Å². The van der Waals surface area contributed by atoms with Crippen LogP contribution in [0, 0.1) is 0 Å². The van der Waals surface area contributed by atoms with Crippen molar-refractivity contribution in [3.8, 4) is 33.4 Å². The van der Waals surface area contributed by atoms with Gasteiger partial charge in [0.1, 0.15) is 0 Å². The Hall–Kier alpha value is -7.14. The minimum absolute atomic E-state index is 0.0275. The first-order valence-corrected chi connectivity index (χ1v) is 24.4. The molecule has 1 aromatic heterocycles. The van der Waals surface area contributed by atoms with E-state index >= 15 is 0 Å². The summed E-state index contributed by atoms with van der Waals surface area (Å²) in [5.41, 5.74) is 25.9. The van der Waals surface area contributed by atoms with Crippen LogP contribution in [0.25, 0.3) is 53.6 Å². The molecule has 0 atom stereocenters. The molecule has 5 aliphatic rings. The van der Waals surface area contributed by atoms with Crippen molar-refractivity contribution in [3.63, 3.8) is 0 Å². The van der Waals surface area contributed by atoms with Crippen molar-refractivity contribution in [2.24, 2.45) is 0 Å². The molecule has 0 N–H and O–H groups in total. The third-order valence-corrected chi connectivity index (χ3v) is 17.3. The number of hydrogen-bond donors (Lipinski definition) is 0. The maximum atomic E-state index is 2.74. The van der Waals surface area contributed by atoms with E-state index in [1.54, 1.807) is 0 Å². The first-order chi connectivity index (χ1) is 32.2. The lowest BCUT2D eigenvalue weighted by atomic mass is 9.42. The summed E-state index contributed by atoms with van der Waals surface area (Å²) >= 11 is 1.94. The Labute approximate surface area is 390 Å². The molecule has 4 heteroatoms. The average Bonchev–Trinajstić information content (AvgIpc) is 3.94. The Morgan fingerprint density at radius 2 is 1.09 bits per heavy atom. The highest BCUT2D eigenvalue weighted by Crippen LogP contribution is 2.65. The Morgan fingerprint density at radius 3 is 1.82 bits per heavy atom. The molecule has 0 bridgehead atoms. The fourth-order valence-electron chi connectivity index (χ4n) is 13.4. The highest BCUT2D eigenvalue weighted by atomic mass is 32.1. The van der Waals surface area contributed by atoms with Gasteiger partial charge in [0.25, 0.3) is 0 Å². The molecule has 0 radical (unpaired) electrons. The topological polar surface area (TPSA) is 6.48 Å². The predicted molar refractivity (Wildman–Crippen MR) is 280 cm³/mol. The van der Waals surface area contributed by atoms with E-state index in [4.69, 9.17) is 0 Å². The molecule has 0 unspecified atom stereocenters. The highest BCUT2D eigenvalue weighted by Gasteiger charge is 2.56. The second-order valence-electron chi connectivity index (χ2n) is 20.7. The van der Waals surface area contributed by atoms with Gasteiger partial charge in [-0.25, -0.2) is 0 Å². The summed E-state index contributed by atoms with van der Waals surface area (Å²) in [6.45, 7) is 11.7. The molecule has 0 saturated carbocycles. The second kappa shape index (κ2) is 12.4. The van der Waals surface area contributed by atoms with Crippen LogP contribution in [0.5, 0.6) is 0 Å². The van der Waals surface area contributed by atoms with Crippen LogP contribution in [0.1, 0.15) is 73.6 Å². The maximum absolute atomic E-state index is 2.74. The smallest absolute Gasteiger partial charge is 0.333 e.